The van der Waals surface area contributed by atoms with Gasteiger partial charge in [-0.05, 0) is 43.3 Å². The summed E-state index contributed by atoms with van der Waals surface area (Å²) in [4.78, 5) is 38.2. The predicted octanol–water partition coefficient (Wildman–Crippen LogP) is 4.72. The minimum atomic E-state index is -0.828. The molecule has 0 saturated carbocycles. The summed E-state index contributed by atoms with van der Waals surface area (Å²) in [6.45, 7) is 3.48. The second kappa shape index (κ2) is 11.6. The molecule has 0 aliphatic carbocycles. The first kappa shape index (κ1) is 25.1. The van der Waals surface area contributed by atoms with Crippen LogP contribution in [0.1, 0.15) is 44.9 Å². The molecule has 5 atom stereocenters. The van der Waals surface area contributed by atoms with Crippen molar-refractivity contribution >= 4 is 17.9 Å². The van der Waals surface area contributed by atoms with Crippen molar-refractivity contribution in [3.8, 4) is 0 Å². The van der Waals surface area contributed by atoms with Gasteiger partial charge in [-0.3, -0.25) is 0 Å². The van der Waals surface area contributed by atoms with E-state index in [4.69, 9.17) is 18.9 Å². The highest BCUT2D eigenvalue weighted by atomic mass is 16.6. The van der Waals surface area contributed by atoms with Crippen molar-refractivity contribution in [2.75, 3.05) is 6.61 Å². The van der Waals surface area contributed by atoms with Crippen LogP contribution < -0.4 is 0 Å². The van der Waals surface area contributed by atoms with Crippen molar-refractivity contribution < 1.29 is 33.3 Å². The molecule has 186 valence electrons. The van der Waals surface area contributed by atoms with E-state index in [1.807, 2.05) is 13.0 Å². The van der Waals surface area contributed by atoms with E-state index in [0.717, 1.165) is 0 Å². The molecule has 3 aromatic carbocycles. The Bertz CT molecular complexity index is 1160. The van der Waals surface area contributed by atoms with Gasteiger partial charge in [0, 0.05) is 5.92 Å². The van der Waals surface area contributed by atoms with Gasteiger partial charge in [0.05, 0.1) is 22.8 Å². The van der Waals surface area contributed by atoms with Crippen LogP contribution in [0.15, 0.2) is 91.0 Å². The molecular formula is C29H28O7. The van der Waals surface area contributed by atoms with Gasteiger partial charge in [0.25, 0.3) is 0 Å². The highest BCUT2D eigenvalue weighted by Crippen LogP contribution is 2.32. The molecule has 0 spiro atoms. The van der Waals surface area contributed by atoms with Crippen molar-refractivity contribution in [1.29, 1.82) is 0 Å². The van der Waals surface area contributed by atoms with Crippen LogP contribution in [-0.4, -0.2) is 48.9 Å². The summed E-state index contributed by atoms with van der Waals surface area (Å²) < 4.78 is 23.3. The van der Waals surface area contributed by atoms with Gasteiger partial charge >= 0.3 is 17.9 Å². The van der Waals surface area contributed by atoms with Crippen LogP contribution in [0.5, 0.6) is 0 Å². The van der Waals surface area contributed by atoms with Crippen molar-refractivity contribution in [2.24, 2.45) is 5.92 Å². The molecule has 7 heteroatoms. The molecule has 3 aromatic rings. The maximum absolute atomic E-state index is 12.9. The van der Waals surface area contributed by atoms with E-state index >= 15 is 0 Å². The summed E-state index contributed by atoms with van der Waals surface area (Å²) in [5.74, 6) is -1.98. The summed E-state index contributed by atoms with van der Waals surface area (Å²) in [6, 6.07) is 25.8. The molecule has 1 heterocycles. The van der Waals surface area contributed by atoms with Crippen molar-refractivity contribution in [2.45, 2.75) is 38.3 Å². The Morgan fingerprint density at radius 2 is 1.06 bits per heavy atom. The molecular weight excluding hydrogens is 460 g/mol. The topological polar surface area (TPSA) is 88.1 Å². The van der Waals surface area contributed by atoms with E-state index in [0.29, 0.717) is 16.7 Å². The van der Waals surface area contributed by atoms with E-state index in [9.17, 15) is 14.4 Å². The van der Waals surface area contributed by atoms with Crippen LogP contribution in [0.25, 0.3) is 0 Å². The fraction of sp³-hybridized carbons (Fsp3) is 0.276. The van der Waals surface area contributed by atoms with Crippen LogP contribution in [0, 0.1) is 5.92 Å². The molecule has 1 fully saturated rings. The number of benzene rings is 3. The van der Waals surface area contributed by atoms with Crippen molar-refractivity contribution in [3.05, 3.63) is 108 Å². The summed E-state index contributed by atoms with van der Waals surface area (Å²) in [5, 5.41) is 0. The summed E-state index contributed by atoms with van der Waals surface area (Å²) >= 11 is 0. The number of esters is 3. The Balaban J connectivity index is 1.52. The lowest BCUT2D eigenvalue weighted by Crippen LogP contribution is -2.56. The van der Waals surface area contributed by atoms with Crippen molar-refractivity contribution in [3.63, 3.8) is 0 Å². The van der Waals surface area contributed by atoms with Crippen LogP contribution in [0.2, 0.25) is 0 Å². The minimum absolute atomic E-state index is 0.130. The van der Waals surface area contributed by atoms with Crippen LogP contribution in [-0.2, 0) is 18.9 Å². The fourth-order valence-electron chi connectivity index (χ4n) is 4.25. The molecule has 1 saturated heterocycles. The third-order valence-corrected chi connectivity index (χ3v) is 6.15. The standard InChI is InChI=1S/C29H28O7/c1-19-25(35-28(31)22-14-8-4-9-15-22)20(2)34-24(18-33-27(30)21-12-6-3-7-13-21)26(19)36-29(32)23-16-10-5-11-17-23/h3-17,19-20,24-26H,18H2,1-2H3/t19-,20+,24?,25?,26-/m1/s1. The summed E-state index contributed by atoms with van der Waals surface area (Å²) in [6.07, 6.45) is -2.79. The Labute approximate surface area is 209 Å². The average Bonchev–Trinajstić information content (AvgIpc) is 2.92. The second-order valence-electron chi connectivity index (χ2n) is 8.68. The van der Waals surface area contributed by atoms with Gasteiger partial charge in [0.2, 0.25) is 0 Å². The van der Waals surface area contributed by atoms with Crippen LogP contribution in [0.3, 0.4) is 0 Å². The fourth-order valence-corrected chi connectivity index (χ4v) is 4.25. The van der Waals surface area contributed by atoms with Crippen molar-refractivity contribution in [1.82, 2.24) is 0 Å². The monoisotopic (exact) mass is 488 g/mol. The van der Waals surface area contributed by atoms with Crippen LogP contribution >= 0.6 is 0 Å². The molecule has 0 bridgehead atoms. The van der Waals surface area contributed by atoms with Gasteiger partial charge in [-0.1, -0.05) is 61.5 Å². The maximum atomic E-state index is 12.9. The molecule has 4 rings (SSSR count). The maximum Gasteiger partial charge on any atom is 0.338 e. The largest absolute Gasteiger partial charge is 0.459 e. The number of carbonyl (C=O) groups excluding carboxylic acids is 3. The lowest BCUT2D eigenvalue weighted by Gasteiger charge is -2.43. The first-order chi connectivity index (χ1) is 17.4. The van der Waals surface area contributed by atoms with Crippen LogP contribution in [0.4, 0.5) is 0 Å². The molecule has 1 aliphatic rings. The zero-order valence-corrected chi connectivity index (χ0v) is 20.1. The van der Waals surface area contributed by atoms with E-state index in [1.165, 1.54) is 0 Å². The average molecular weight is 489 g/mol. The van der Waals surface area contributed by atoms with E-state index in [2.05, 4.69) is 0 Å². The van der Waals surface area contributed by atoms with Gasteiger partial charge in [-0.25, -0.2) is 14.4 Å². The van der Waals surface area contributed by atoms with Gasteiger partial charge in [0.15, 0.2) is 0 Å². The van der Waals surface area contributed by atoms with Gasteiger partial charge < -0.3 is 18.9 Å². The molecule has 0 amide bonds. The van der Waals surface area contributed by atoms with E-state index in [1.54, 1.807) is 91.9 Å². The molecule has 2 unspecified atom stereocenters. The smallest absolute Gasteiger partial charge is 0.338 e. The first-order valence-corrected chi connectivity index (χ1v) is 11.8. The van der Waals surface area contributed by atoms with E-state index in [-0.39, 0.29) is 6.61 Å². The first-order valence-electron chi connectivity index (χ1n) is 11.8. The Morgan fingerprint density at radius 3 is 1.53 bits per heavy atom. The molecule has 7 nitrogen and oxygen atoms in total. The normalized spacial score (nSPS) is 23.3. The van der Waals surface area contributed by atoms with Gasteiger partial charge in [-0.15, -0.1) is 0 Å². The molecule has 0 radical (unpaired) electrons. The Kier molecular flexibility index (Phi) is 8.13. The number of carbonyl (C=O) groups is 3. The van der Waals surface area contributed by atoms with E-state index < -0.39 is 48.2 Å². The quantitative estimate of drug-likeness (QED) is 0.351. The lowest BCUT2D eigenvalue weighted by atomic mass is 9.87. The number of rotatable bonds is 7. The molecule has 36 heavy (non-hydrogen) atoms. The summed E-state index contributed by atoms with van der Waals surface area (Å²) in [5.41, 5.74) is 1.19. The molecule has 0 N–H and O–H groups in total. The number of ether oxygens (including phenoxy) is 4. The Morgan fingerprint density at radius 1 is 0.639 bits per heavy atom. The third-order valence-electron chi connectivity index (χ3n) is 6.15. The molecule has 0 aromatic heterocycles. The predicted molar refractivity (Wildman–Crippen MR) is 132 cm³/mol. The SMILES string of the molecule is C[C@@H]1OC(COC(=O)c2ccccc2)[C@H](OC(=O)c2ccccc2)[C@H](C)C1OC(=O)c1ccccc1. The lowest BCUT2D eigenvalue weighted by molar-refractivity contribution is -0.200. The minimum Gasteiger partial charge on any atom is -0.459 e. The Hall–Kier alpha value is -3.97. The zero-order valence-electron chi connectivity index (χ0n) is 20.1. The third kappa shape index (κ3) is 5.98. The van der Waals surface area contributed by atoms with Gasteiger partial charge in [0.1, 0.15) is 24.9 Å². The highest BCUT2D eigenvalue weighted by molar-refractivity contribution is 5.90. The zero-order chi connectivity index (χ0) is 25.5. The van der Waals surface area contributed by atoms with Gasteiger partial charge in [-0.2, -0.15) is 0 Å². The molecule has 1 aliphatic heterocycles. The number of hydrogen-bond donors (Lipinski definition) is 0. The second-order valence-corrected chi connectivity index (χ2v) is 8.68. The summed E-state index contributed by atoms with van der Waals surface area (Å²) in [7, 11) is 0. The highest BCUT2D eigenvalue weighted by Gasteiger charge is 2.46. The number of hydrogen-bond acceptors (Lipinski definition) is 7.